The Bertz CT molecular complexity index is 1470. The average molecular weight is 456 g/mol. The number of benzene rings is 2. The van der Waals surface area contributed by atoms with Crippen molar-refractivity contribution in [2.24, 2.45) is 0 Å². The molecule has 0 radical (unpaired) electrons. The highest BCUT2D eigenvalue weighted by atomic mass is 35.5. The molecular formula is C24H18ClN7O. The third kappa shape index (κ3) is 4.19. The van der Waals surface area contributed by atoms with E-state index in [4.69, 9.17) is 11.6 Å². The summed E-state index contributed by atoms with van der Waals surface area (Å²) < 4.78 is 1.71. The molecule has 2 aromatic carbocycles. The minimum atomic E-state index is -0.261. The van der Waals surface area contributed by atoms with Gasteiger partial charge in [-0.1, -0.05) is 36.4 Å². The van der Waals surface area contributed by atoms with Gasteiger partial charge in [0.05, 0.1) is 40.7 Å². The summed E-state index contributed by atoms with van der Waals surface area (Å²) in [6, 6.07) is 15.3. The highest BCUT2D eigenvalue weighted by molar-refractivity contribution is 6.33. The Labute approximate surface area is 194 Å². The highest BCUT2D eigenvalue weighted by Gasteiger charge is 2.13. The monoisotopic (exact) mass is 455 g/mol. The molecule has 3 N–H and O–H groups in total. The Morgan fingerprint density at radius 3 is 2.73 bits per heavy atom. The number of hydrogen-bond donors (Lipinski definition) is 3. The van der Waals surface area contributed by atoms with E-state index >= 15 is 0 Å². The quantitative estimate of drug-likeness (QED) is 0.300. The maximum absolute atomic E-state index is 11.4. The molecule has 0 unspecified atom stereocenters. The van der Waals surface area contributed by atoms with Crippen LogP contribution in [-0.4, -0.2) is 30.6 Å². The first-order valence-electron chi connectivity index (χ1n) is 10.1. The molecule has 3 heterocycles. The summed E-state index contributed by atoms with van der Waals surface area (Å²) in [5.41, 5.74) is 4.76. The Balaban J connectivity index is 1.37. The zero-order chi connectivity index (χ0) is 22.8. The topological polar surface area (TPSA) is 101 Å². The first-order chi connectivity index (χ1) is 16.1. The van der Waals surface area contributed by atoms with Crippen molar-refractivity contribution in [3.05, 3.63) is 91.0 Å². The minimum absolute atomic E-state index is 0.261. The van der Waals surface area contributed by atoms with Gasteiger partial charge >= 0.3 is 0 Å². The van der Waals surface area contributed by atoms with Crippen molar-refractivity contribution in [2.45, 2.75) is 0 Å². The van der Waals surface area contributed by atoms with Gasteiger partial charge in [-0.3, -0.25) is 4.79 Å². The molecule has 0 fully saturated rings. The number of carbonyl (C=O) groups excluding carboxylic acids is 1. The van der Waals surface area contributed by atoms with Crippen LogP contribution in [0.3, 0.4) is 0 Å². The zero-order valence-corrected chi connectivity index (χ0v) is 18.0. The number of carbonyl (C=O) groups is 1. The van der Waals surface area contributed by atoms with Crippen LogP contribution in [0.4, 0.5) is 17.3 Å². The number of aromatic nitrogens is 5. The third-order valence-electron chi connectivity index (χ3n) is 5.01. The molecule has 0 spiro atoms. The maximum atomic E-state index is 11.4. The van der Waals surface area contributed by atoms with Crippen LogP contribution in [-0.2, 0) is 4.79 Å². The number of aromatic amines is 1. The largest absolute Gasteiger partial charge is 0.360 e. The van der Waals surface area contributed by atoms with Crippen LogP contribution < -0.4 is 10.6 Å². The molecule has 0 aliphatic heterocycles. The number of fused-ring (bicyclic) bond motifs is 1. The van der Waals surface area contributed by atoms with Crippen molar-refractivity contribution in [1.82, 2.24) is 24.7 Å². The molecule has 0 aliphatic rings. The van der Waals surface area contributed by atoms with Crippen LogP contribution in [0.25, 0.3) is 27.8 Å². The summed E-state index contributed by atoms with van der Waals surface area (Å²) in [7, 11) is 0. The lowest BCUT2D eigenvalue weighted by Gasteiger charge is -2.07. The molecule has 33 heavy (non-hydrogen) atoms. The lowest BCUT2D eigenvalue weighted by Crippen LogP contribution is -2.07. The molecule has 5 aromatic rings. The van der Waals surface area contributed by atoms with Gasteiger partial charge in [0.15, 0.2) is 0 Å². The van der Waals surface area contributed by atoms with E-state index in [1.54, 1.807) is 29.2 Å². The van der Waals surface area contributed by atoms with Gasteiger partial charge in [-0.05, 0) is 36.4 Å². The predicted octanol–water partition coefficient (Wildman–Crippen LogP) is 5.33. The van der Waals surface area contributed by atoms with Crippen LogP contribution in [0.15, 0.2) is 86.0 Å². The van der Waals surface area contributed by atoms with E-state index in [2.05, 4.69) is 37.3 Å². The second-order valence-corrected chi connectivity index (χ2v) is 7.58. The van der Waals surface area contributed by atoms with Crippen LogP contribution in [0.1, 0.15) is 0 Å². The van der Waals surface area contributed by atoms with E-state index in [9.17, 15) is 4.79 Å². The first-order valence-corrected chi connectivity index (χ1v) is 10.4. The van der Waals surface area contributed by atoms with E-state index < -0.39 is 0 Å². The normalized spacial score (nSPS) is 10.8. The maximum Gasteiger partial charge on any atom is 0.247 e. The standard InChI is InChI=1S/C24H18ClN7O/c1-2-22(33)29-15-7-9-17(10-8-15)32-14-16(11-28-32)30-24-27-13-20(25)23(31-24)19-12-26-21-6-4-3-5-18(19)21/h2-14,26H,1H2,(H,29,33)(H,27,30,31). The van der Waals surface area contributed by atoms with Crippen molar-refractivity contribution in [2.75, 3.05) is 10.6 Å². The number of hydrogen-bond acceptors (Lipinski definition) is 5. The fourth-order valence-electron chi connectivity index (χ4n) is 3.43. The fraction of sp³-hybridized carbons (Fsp3) is 0. The van der Waals surface area contributed by atoms with Gasteiger partial charge < -0.3 is 15.6 Å². The molecule has 0 atom stereocenters. The summed E-state index contributed by atoms with van der Waals surface area (Å²) in [4.78, 5) is 23.6. The van der Waals surface area contributed by atoms with Crippen molar-refractivity contribution in [3.63, 3.8) is 0 Å². The third-order valence-corrected chi connectivity index (χ3v) is 5.29. The van der Waals surface area contributed by atoms with E-state index in [0.717, 1.165) is 22.2 Å². The van der Waals surface area contributed by atoms with Gasteiger partial charge in [0, 0.05) is 28.4 Å². The molecule has 162 valence electrons. The van der Waals surface area contributed by atoms with Crippen molar-refractivity contribution in [3.8, 4) is 16.9 Å². The number of halogens is 1. The second kappa shape index (κ2) is 8.60. The van der Waals surface area contributed by atoms with Gasteiger partial charge in [-0.25, -0.2) is 14.6 Å². The Morgan fingerprint density at radius 1 is 1.09 bits per heavy atom. The van der Waals surface area contributed by atoms with Crippen molar-refractivity contribution in [1.29, 1.82) is 0 Å². The number of anilines is 3. The number of rotatable bonds is 6. The molecular weight excluding hydrogens is 438 g/mol. The SMILES string of the molecule is C=CC(=O)Nc1ccc(-n2cc(Nc3ncc(Cl)c(-c4c[nH]c5ccccc45)n3)cn2)cc1. The van der Waals surface area contributed by atoms with Crippen LogP contribution in [0, 0.1) is 0 Å². The molecule has 9 heteroatoms. The Morgan fingerprint density at radius 2 is 1.91 bits per heavy atom. The lowest BCUT2D eigenvalue weighted by molar-refractivity contribution is -0.111. The molecule has 1 amide bonds. The van der Waals surface area contributed by atoms with E-state index in [-0.39, 0.29) is 5.91 Å². The van der Waals surface area contributed by atoms with Crippen LogP contribution in [0.2, 0.25) is 5.02 Å². The smallest absolute Gasteiger partial charge is 0.247 e. The van der Waals surface area contributed by atoms with Crippen LogP contribution in [0.5, 0.6) is 0 Å². The van der Waals surface area contributed by atoms with Crippen molar-refractivity contribution < 1.29 is 4.79 Å². The van der Waals surface area contributed by atoms with Crippen molar-refractivity contribution >= 4 is 45.7 Å². The minimum Gasteiger partial charge on any atom is -0.360 e. The average Bonchev–Trinajstić information content (AvgIpc) is 3.48. The molecule has 5 rings (SSSR count). The summed E-state index contributed by atoms with van der Waals surface area (Å²) >= 11 is 6.41. The highest BCUT2D eigenvalue weighted by Crippen LogP contribution is 2.32. The summed E-state index contributed by atoms with van der Waals surface area (Å²) in [6.45, 7) is 3.44. The lowest BCUT2D eigenvalue weighted by atomic mass is 10.1. The zero-order valence-electron chi connectivity index (χ0n) is 17.3. The molecule has 0 saturated carbocycles. The number of nitrogens with zero attached hydrogens (tertiary/aromatic N) is 4. The van der Waals surface area contributed by atoms with Gasteiger partial charge in [0.1, 0.15) is 0 Å². The number of nitrogens with one attached hydrogen (secondary N) is 3. The van der Waals surface area contributed by atoms with Gasteiger partial charge in [-0.15, -0.1) is 0 Å². The van der Waals surface area contributed by atoms with E-state index in [0.29, 0.717) is 28.0 Å². The summed E-state index contributed by atoms with van der Waals surface area (Å²) in [5.74, 6) is 0.144. The van der Waals surface area contributed by atoms with E-state index in [1.165, 1.54) is 6.08 Å². The number of H-pyrrole nitrogens is 1. The molecule has 8 nitrogen and oxygen atoms in total. The second-order valence-electron chi connectivity index (χ2n) is 7.18. The van der Waals surface area contributed by atoms with Gasteiger partial charge in [-0.2, -0.15) is 5.10 Å². The summed E-state index contributed by atoms with van der Waals surface area (Å²) in [5, 5.41) is 11.8. The number of amides is 1. The van der Waals surface area contributed by atoms with Gasteiger partial charge in [0.2, 0.25) is 11.9 Å². The molecule has 0 aliphatic carbocycles. The molecule has 0 bridgehead atoms. The van der Waals surface area contributed by atoms with E-state index in [1.807, 2.05) is 48.8 Å². The van der Waals surface area contributed by atoms with Gasteiger partial charge in [0.25, 0.3) is 0 Å². The summed E-state index contributed by atoms with van der Waals surface area (Å²) in [6.07, 6.45) is 8.19. The fourth-order valence-corrected chi connectivity index (χ4v) is 3.62. The van der Waals surface area contributed by atoms with Crippen LogP contribution >= 0.6 is 11.6 Å². The Kier molecular flexibility index (Phi) is 5.34. The molecule has 3 aromatic heterocycles. The number of para-hydroxylation sites is 1. The Hall–Kier alpha value is -4.43. The molecule has 0 saturated heterocycles. The predicted molar refractivity (Wildman–Crippen MR) is 130 cm³/mol. The first kappa shape index (κ1) is 20.5.